The van der Waals surface area contributed by atoms with Gasteiger partial charge in [-0.3, -0.25) is 4.79 Å². The molecule has 0 spiro atoms. The van der Waals surface area contributed by atoms with Crippen LogP contribution in [-0.2, 0) is 20.7 Å². The Balaban J connectivity index is 1.32. The first-order valence-electron chi connectivity index (χ1n) is 11.7. The Kier molecular flexibility index (Phi) is 5.58. The number of nitrogens with zero attached hydrogens (tertiary/aromatic N) is 2. The van der Waals surface area contributed by atoms with E-state index in [4.69, 9.17) is 23.9 Å². The van der Waals surface area contributed by atoms with E-state index in [9.17, 15) is 9.59 Å². The van der Waals surface area contributed by atoms with Crippen molar-refractivity contribution in [2.45, 2.75) is 12.8 Å². The van der Waals surface area contributed by atoms with Gasteiger partial charge in [-0.1, -0.05) is 24.3 Å². The molecule has 6 rings (SSSR count). The second-order valence-corrected chi connectivity index (χ2v) is 8.68. The summed E-state index contributed by atoms with van der Waals surface area (Å²) in [5.74, 6) is 0.754. The molecule has 178 valence electrons. The van der Waals surface area contributed by atoms with E-state index < -0.39 is 5.97 Å². The van der Waals surface area contributed by atoms with Crippen LogP contribution in [0.15, 0.2) is 42.5 Å². The monoisotopic (exact) mass is 472 g/mol. The van der Waals surface area contributed by atoms with Crippen molar-refractivity contribution >= 4 is 34.4 Å². The number of benzene rings is 2. The van der Waals surface area contributed by atoms with Crippen LogP contribution in [0.2, 0.25) is 0 Å². The van der Waals surface area contributed by atoms with E-state index in [1.54, 1.807) is 4.90 Å². The Morgan fingerprint density at radius 2 is 1.86 bits per heavy atom. The number of rotatable bonds is 4. The van der Waals surface area contributed by atoms with Crippen molar-refractivity contribution in [1.82, 2.24) is 9.88 Å². The zero-order valence-corrected chi connectivity index (χ0v) is 19.1. The van der Waals surface area contributed by atoms with Gasteiger partial charge in [0.15, 0.2) is 18.1 Å². The molecule has 0 unspecified atom stereocenters. The number of ether oxygens (including phenoxy) is 4. The fraction of sp³-hybridized carbons (Fsp3) is 0.296. The van der Waals surface area contributed by atoms with Crippen LogP contribution in [0.5, 0.6) is 11.5 Å². The van der Waals surface area contributed by atoms with E-state index in [1.165, 1.54) is 0 Å². The number of morpholine rings is 1. The summed E-state index contributed by atoms with van der Waals surface area (Å²) >= 11 is 0. The summed E-state index contributed by atoms with van der Waals surface area (Å²) in [5, 5.41) is 0.736. The van der Waals surface area contributed by atoms with E-state index in [2.05, 4.69) is 6.08 Å². The van der Waals surface area contributed by atoms with E-state index in [1.807, 2.05) is 42.5 Å². The molecule has 8 heteroatoms. The second kappa shape index (κ2) is 9.03. The number of pyridine rings is 1. The van der Waals surface area contributed by atoms with E-state index in [0.29, 0.717) is 38.3 Å². The highest BCUT2D eigenvalue weighted by Gasteiger charge is 2.28. The highest BCUT2D eigenvalue weighted by molar-refractivity contribution is 6.07. The Morgan fingerprint density at radius 1 is 1.03 bits per heavy atom. The third-order valence-corrected chi connectivity index (χ3v) is 6.57. The van der Waals surface area contributed by atoms with E-state index >= 15 is 0 Å². The number of carbonyl (C=O) groups excluding carboxylic acids is 2. The number of amides is 1. The van der Waals surface area contributed by atoms with Crippen LogP contribution in [-0.4, -0.2) is 61.5 Å². The molecule has 2 aliphatic heterocycles. The smallest absolute Gasteiger partial charge is 0.339 e. The number of aromatic nitrogens is 1. The lowest BCUT2D eigenvalue weighted by molar-refractivity contribution is -0.138. The molecule has 8 nitrogen and oxygen atoms in total. The molecule has 0 saturated carbocycles. The third kappa shape index (κ3) is 4.10. The number of para-hydroxylation sites is 1. The first kappa shape index (κ1) is 21.6. The molecule has 1 fully saturated rings. The quantitative estimate of drug-likeness (QED) is 0.538. The average Bonchev–Trinajstić information content (AvgIpc) is 3.53. The summed E-state index contributed by atoms with van der Waals surface area (Å²) in [4.78, 5) is 32.4. The van der Waals surface area contributed by atoms with Gasteiger partial charge in [0.1, 0.15) is 0 Å². The van der Waals surface area contributed by atoms with Crippen molar-refractivity contribution in [1.29, 1.82) is 0 Å². The number of hydrogen-bond acceptors (Lipinski definition) is 7. The molecule has 0 atom stereocenters. The molecule has 2 aromatic carbocycles. The third-order valence-electron chi connectivity index (χ3n) is 6.57. The zero-order chi connectivity index (χ0) is 23.8. The van der Waals surface area contributed by atoms with Crippen LogP contribution in [0.25, 0.3) is 22.6 Å². The van der Waals surface area contributed by atoms with Gasteiger partial charge in [-0.05, 0) is 53.8 Å². The normalized spacial score (nSPS) is 17.6. The molecular weight excluding hydrogens is 448 g/mol. The van der Waals surface area contributed by atoms with E-state index in [-0.39, 0.29) is 19.3 Å². The number of fused-ring (bicyclic) bond motifs is 3. The standard InChI is InChI=1S/C27H24N2O6/c30-24(29-9-11-32-12-10-29)15-33-27(31)25-19-3-1-2-4-21(19)28-26-18(6-7-20(25)26)13-17-5-8-22-23(14-17)35-16-34-22/h1-5,8,13-14H,6-7,9-12,15-16H2/b18-13+. The Morgan fingerprint density at radius 3 is 2.74 bits per heavy atom. The molecule has 0 bridgehead atoms. The van der Waals surface area contributed by atoms with Crippen molar-refractivity contribution in [2.75, 3.05) is 39.7 Å². The molecule has 3 aromatic rings. The molecule has 0 N–H and O–H groups in total. The van der Waals surface area contributed by atoms with Gasteiger partial charge in [-0.15, -0.1) is 0 Å². The summed E-state index contributed by atoms with van der Waals surface area (Å²) < 4.78 is 21.7. The minimum absolute atomic E-state index is 0.208. The topological polar surface area (TPSA) is 87.2 Å². The lowest BCUT2D eigenvalue weighted by atomic mass is 10.0. The summed E-state index contributed by atoms with van der Waals surface area (Å²) in [6.45, 7) is 1.96. The fourth-order valence-electron chi connectivity index (χ4n) is 4.82. The molecule has 3 heterocycles. The largest absolute Gasteiger partial charge is 0.454 e. The number of allylic oxidation sites excluding steroid dienone is 1. The maximum atomic E-state index is 13.3. The highest BCUT2D eigenvalue weighted by atomic mass is 16.7. The predicted molar refractivity (Wildman–Crippen MR) is 128 cm³/mol. The number of carbonyl (C=O) groups is 2. The first-order valence-corrected chi connectivity index (χ1v) is 11.7. The van der Waals surface area contributed by atoms with Crippen molar-refractivity contribution in [3.05, 3.63) is 64.8 Å². The molecule has 1 aromatic heterocycles. The minimum Gasteiger partial charge on any atom is -0.454 e. The molecule has 1 amide bonds. The maximum absolute atomic E-state index is 13.3. The van der Waals surface area contributed by atoms with E-state index in [0.717, 1.165) is 51.2 Å². The predicted octanol–water partition coefficient (Wildman–Crippen LogP) is 3.47. The first-order chi connectivity index (χ1) is 17.2. The fourth-order valence-corrected chi connectivity index (χ4v) is 4.82. The molecular formula is C27H24N2O6. The second-order valence-electron chi connectivity index (χ2n) is 8.68. The molecule has 35 heavy (non-hydrogen) atoms. The van der Waals surface area contributed by atoms with Crippen molar-refractivity contribution in [2.24, 2.45) is 0 Å². The molecule has 0 radical (unpaired) electrons. The van der Waals surface area contributed by atoms with Gasteiger partial charge in [0.2, 0.25) is 6.79 Å². The summed E-state index contributed by atoms with van der Waals surface area (Å²) in [5.41, 5.74) is 4.90. The van der Waals surface area contributed by atoms with Crippen LogP contribution in [0.4, 0.5) is 0 Å². The van der Waals surface area contributed by atoms with Crippen LogP contribution in [0.3, 0.4) is 0 Å². The summed E-state index contributed by atoms with van der Waals surface area (Å²) in [6, 6.07) is 13.4. The lowest BCUT2D eigenvalue weighted by Gasteiger charge is -2.26. The summed E-state index contributed by atoms with van der Waals surface area (Å²) in [6.07, 6.45) is 3.50. The van der Waals surface area contributed by atoms with Crippen LogP contribution < -0.4 is 9.47 Å². The van der Waals surface area contributed by atoms with Crippen molar-refractivity contribution in [3.8, 4) is 11.5 Å². The van der Waals surface area contributed by atoms with Gasteiger partial charge < -0.3 is 23.8 Å². The lowest BCUT2D eigenvalue weighted by Crippen LogP contribution is -2.42. The Bertz CT molecular complexity index is 1360. The highest BCUT2D eigenvalue weighted by Crippen LogP contribution is 2.39. The average molecular weight is 472 g/mol. The minimum atomic E-state index is -0.495. The Labute approximate surface area is 202 Å². The Hall–Kier alpha value is -3.91. The van der Waals surface area contributed by atoms with Crippen molar-refractivity contribution < 1.29 is 28.5 Å². The summed E-state index contributed by atoms with van der Waals surface area (Å²) in [7, 11) is 0. The van der Waals surface area contributed by atoms with Gasteiger partial charge >= 0.3 is 5.97 Å². The number of esters is 1. The molecule has 1 aliphatic carbocycles. The van der Waals surface area contributed by atoms with Crippen LogP contribution in [0.1, 0.15) is 33.6 Å². The maximum Gasteiger partial charge on any atom is 0.339 e. The van der Waals surface area contributed by atoms with Crippen molar-refractivity contribution in [3.63, 3.8) is 0 Å². The van der Waals surface area contributed by atoms with Gasteiger partial charge in [0.25, 0.3) is 5.91 Å². The molecule has 3 aliphatic rings. The molecule has 1 saturated heterocycles. The SMILES string of the molecule is O=C(OCC(=O)N1CCOCC1)c1c2c(nc3ccccc13)/C(=C/c1ccc3c(c1)OCO3)CC2. The van der Waals surface area contributed by atoms with Gasteiger partial charge in [-0.2, -0.15) is 0 Å². The zero-order valence-electron chi connectivity index (χ0n) is 19.1. The van der Waals surface area contributed by atoms with Gasteiger partial charge in [0.05, 0.1) is 30.0 Å². The van der Waals surface area contributed by atoms with Crippen LogP contribution >= 0.6 is 0 Å². The van der Waals surface area contributed by atoms with Crippen LogP contribution in [0, 0.1) is 0 Å². The van der Waals surface area contributed by atoms with Gasteiger partial charge in [0, 0.05) is 18.5 Å². The van der Waals surface area contributed by atoms with Gasteiger partial charge in [-0.25, -0.2) is 9.78 Å². The number of hydrogen-bond donors (Lipinski definition) is 0.